The molecule has 0 bridgehead atoms. The maximum atomic E-state index is 12.7. The third kappa shape index (κ3) is 32.1. The number of hydrogen-bond acceptors (Lipinski definition) is 17. The molecule has 7 aromatic carbocycles. The van der Waals surface area contributed by atoms with Crippen LogP contribution in [0, 0.1) is 0 Å². The quantitative estimate of drug-likeness (QED) is 0.0206. The van der Waals surface area contributed by atoms with E-state index in [4.69, 9.17) is 54.8 Å². The Kier molecular flexibility index (Phi) is 31.7. The van der Waals surface area contributed by atoms with Gasteiger partial charge in [-0.3, -0.25) is 0 Å². The zero-order valence-corrected chi connectivity index (χ0v) is 51.8. The highest BCUT2D eigenvalue weighted by atomic mass is 16.6. The number of amides is 3. The number of nitrogens with two attached hydrogens (primary N) is 2. The summed E-state index contributed by atoms with van der Waals surface area (Å²) in [5.74, 6) is 0.716. The molecule has 0 aliphatic carbocycles. The van der Waals surface area contributed by atoms with Crippen molar-refractivity contribution in [3.8, 4) is 23.0 Å². The number of alkyl carbamates (subject to hydrolysis) is 3. The highest BCUT2D eigenvalue weighted by Crippen LogP contribution is 2.18. The number of rotatable bonds is 24. The molecule has 0 aliphatic heterocycles. The minimum absolute atomic E-state index is 0.0795. The Hall–Kier alpha value is -9.63. The SMILES string of the molecule is CC(C)(C)OC(=O)[C@H](CCOc1ccc(CN)cc1)NC(=O)OCc1ccccc1.CC(C)(C)OC(=O)[C@H](CCOc1ccc(CNC(=O)OCc2ccccc2)cc1)NC(=O)OCc1ccccc1.CNCc1ccc(O)cc1.NCc1ccc(O)cc1. The maximum absolute atomic E-state index is 12.7. The summed E-state index contributed by atoms with van der Waals surface area (Å²) in [5.41, 5.74) is 16.2. The fourth-order valence-corrected chi connectivity index (χ4v) is 7.47. The number of benzene rings is 7. The van der Waals surface area contributed by atoms with Gasteiger partial charge in [0.1, 0.15) is 66.1 Å². The second-order valence-corrected chi connectivity index (χ2v) is 21.8. The van der Waals surface area contributed by atoms with Gasteiger partial charge in [-0.15, -0.1) is 0 Å². The summed E-state index contributed by atoms with van der Waals surface area (Å²) in [5, 5.41) is 28.6. The van der Waals surface area contributed by atoms with E-state index in [1.54, 1.807) is 90.1 Å². The Morgan fingerprint density at radius 3 is 1.07 bits per heavy atom. The molecule has 20 nitrogen and oxygen atoms in total. The van der Waals surface area contributed by atoms with Crippen LogP contribution >= 0.6 is 0 Å². The largest absolute Gasteiger partial charge is 0.508 e. The molecule has 0 aliphatic rings. The number of nitrogens with one attached hydrogen (secondary N) is 4. The van der Waals surface area contributed by atoms with Gasteiger partial charge in [0.25, 0.3) is 0 Å². The summed E-state index contributed by atoms with van der Waals surface area (Å²) in [6.45, 7) is 13.4. The molecule has 0 saturated heterocycles. The summed E-state index contributed by atoms with van der Waals surface area (Å²) in [6, 6.07) is 54.7. The van der Waals surface area contributed by atoms with Crippen LogP contribution in [0.25, 0.3) is 0 Å². The van der Waals surface area contributed by atoms with Gasteiger partial charge in [0, 0.05) is 39.0 Å². The van der Waals surface area contributed by atoms with Gasteiger partial charge >= 0.3 is 30.2 Å². The Bertz CT molecular complexity index is 3130. The number of carbonyl (C=O) groups excluding carboxylic acids is 5. The van der Waals surface area contributed by atoms with Crippen LogP contribution in [0.15, 0.2) is 188 Å². The average molecular weight is 1220 g/mol. The zero-order chi connectivity index (χ0) is 64.9. The first-order valence-corrected chi connectivity index (χ1v) is 29.0. The normalized spacial score (nSPS) is 11.3. The molecule has 0 fully saturated rings. The van der Waals surface area contributed by atoms with E-state index in [2.05, 4.69) is 21.3 Å². The minimum Gasteiger partial charge on any atom is -0.508 e. The molecule has 0 heterocycles. The molecule has 0 saturated carbocycles. The molecular formula is C69H86N6O14. The van der Waals surface area contributed by atoms with Crippen molar-refractivity contribution in [2.45, 2.75) is 124 Å². The molecule has 89 heavy (non-hydrogen) atoms. The Morgan fingerprint density at radius 2 is 0.730 bits per heavy atom. The summed E-state index contributed by atoms with van der Waals surface area (Å²) < 4.78 is 38.0. The van der Waals surface area contributed by atoms with E-state index in [-0.39, 0.29) is 51.6 Å². The van der Waals surface area contributed by atoms with E-state index < -0.39 is 53.5 Å². The maximum Gasteiger partial charge on any atom is 0.408 e. The van der Waals surface area contributed by atoms with Gasteiger partial charge in [0.05, 0.1) is 13.2 Å². The molecule has 20 heteroatoms. The van der Waals surface area contributed by atoms with Crippen molar-refractivity contribution in [2.24, 2.45) is 11.5 Å². The highest BCUT2D eigenvalue weighted by molar-refractivity contribution is 5.82. The standard InChI is InChI=1S/C31H36N2O7.C23H30N2O5.C8H11NO.C7H9NO/c1-31(2,3)40-28(34)27(33-30(36)39-22-25-12-8-5-9-13-25)18-19-37-26-16-14-23(15-17-26)20-32-29(35)38-21-24-10-6-4-7-11-24;1-23(2,3)30-21(26)20(13-14-28-19-11-9-17(15-24)10-12-19)25-22(27)29-16-18-7-5-4-6-8-18;1-9-6-7-2-4-8(10)5-3-7;8-5-6-1-3-7(9)4-2-6/h4-17,27H,18-22H2,1-3H3,(H,32,35)(H,33,36);4-12,20H,13-16,24H2,1-3H3,(H,25,27);2-5,9-10H,6H2,1H3;1-4,9H,5,8H2/t27-;20-;;/m00../s1. The zero-order valence-electron chi connectivity index (χ0n) is 51.8. The van der Waals surface area contributed by atoms with Crippen LogP contribution in [-0.2, 0) is 79.3 Å². The van der Waals surface area contributed by atoms with E-state index >= 15 is 0 Å². The number of esters is 2. The van der Waals surface area contributed by atoms with E-state index in [1.807, 2.05) is 147 Å². The van der Waals surface area contributed by atoms with Gasteiger partial charge in [0.15, 0.2) is 0 Å². The number of ether oxygens (including phenoxy) is 7. The second-order valence-electron chi connectivity index (χ2n) is 21.8. The number of hydrogen-bond donors (Lipinski definition) is 8. The molecule has 7 aromatic rings. The lowest BCUT2D eigenvalue weighted by molar-refractivity contribution is -0.158. The molecule has 3 amide bonds. The van der Waals surface area contributed by atoms with Crippen molar-refractivity contribution in [3.63, 3.8) is 0 Å². The van der Waals surface area contributed by atoms with E-state index in [0.717, 1.165) is 39.9 Å². The molecule has 2 atom stereocenters. The molecule has 7 rings (SSSR count). The average Bonchev–Trinajstić information content (AvgIpc) is 3.64. The van der Waals surface area contributed by atoms with Gasteiger partial charge in [-0.25, -0.2) is 24.0 Å². The van der Waals surface area contributed by atoms with Crippen molar-refractivity contribution in [2.75, 3.05) is 20.3 Å². The topological polar surface area (TPSA) is 291 Å². The molecule has 0 radical (unpaired) electrons. The third-order valence-electron chi connectivity index (χ3n) is 12.0. The van der Waals surface area contributed by atoms with Crippen LogP contribution in [0.2, 0.25) is 0 Å². The van der Waals surface area contributed by atoms with Gasteiger partial charge in [-0.05, 0) is 136 Å². The fourth-order valence-electron chi connectivity index (χ4n) is 7.47. The highest BCUT2D eigenvalue weighted by Gasteiger charge is 2.29. The number of phenols is 2. The number of aromatic hydroxyl groups is 2. The molecule has 0 unspecified atom stereocenters. The first-order valence-electron chi connectivity index (χ1n) is 29.0. The van der Waals surface area contributed by atoms with Crippen LogP contribution < -0.4 is 42.2 Å². The van der Waals surface area contributed by atoms with E-state index in [9.17, 15) is 24.0 Å². The Morgan fingerprint density at radius 1 is 0.416 bits per heavy atom. The van der Waals surface area contributed by atoms with E-state index in [0.29, 0.717) is 36.9 Å². The number of phenolic OH excluding ortho intramolecular Hbond substituents is 2. The van der Waals surface area contributed by atoms with Crippen molar-refractivity contribution in [3.05, 3.63) is 227 Å². The first-order chi connectivity index (χ1) is 42.6. The van der Waals surface area contributed by atoms with Crippen LogP contribution in [0.3, 0.4) is 0 Å². The number of carbonyl (C=O) groups is 5. The summed E-state index contributed by atoms with van der Waals surface area (Å²) >= 11 is 0. The van der Waals surface area contributed by atoms with Crippen molar-refractivity contribution < 1.29 is 67.3 Å². The Balaban J connectivity index is 0.000000298. The summed E-state index contributed by atoms with van der Waals surface area (Å²) in [6.07, 6.45) is -1.52. The van der Waals surface area contributed by atoms with Crippen LogP contribution in [-0.4, -0.2) is 84.0 Å². The lowest BCUT2D eigenvalue weighted by Crippen LogP contribution is -2.45. The van der Waals surface area contributed by atoms with Crippen LogP contribution in [0.4, 0.5) is 14.4 Å². The molecule has 476 valence electrons. The summed E-state index contributed by atoms with van der Waals surface area (Å²) in [7, 11) is 1.90. The van der Waals surface area contributed by atoms with Crippen molar-refractivity contribution in [1.82, 2.24) is 21.3 Å². The van der Waals surface area contributed by atoms with Crippen LogP contribution in [0.5, 0.6) is 23.0 Å². The van der Waals surface area contributed by atoms with Gasteiger partial charge < -0.3 is 76.1 Å². The lowest BCUT2D eigenvalue weighted by atomic mass is 10.1. The van der Waals surface area contributed by atoms with Gasteiger partial charge in [0.2, 0.25) is 0 Å². The predicted octanol–water partition coefficient (Wildman–Crippen LogP) is 11.0. The first kappa shape index (κ1) is 71.8. The predicted molar refractivity (Wildman–Crippen MR) is 340 cm³/mol. The summed E-state index contributed by atoms with van der Waals surface area (Å²) in [4.78, 5) is 61.8. The van der Waals surface area contributed by atoms with Crippen molar-refractivity contribution in [1.29, 1.82) is 0 Å². The second kappa shape index (κ2) is 39.2. The molecule has 10 N–H and O–H groups in total. The van der Waals surface area contributed by atoms with Crippen LogP contribution in [0.1, 0.15) is 93.3 Å². The fraction of sp³-hybridized carbons (Fsp3) is 0.319. The van der Waals surface area contributed by atoms with Gasteiger partial charge in [-0.2, -0.15) is 0 Å². The third-order valence-corrected chi connectivity index (χ3v) is 12.0. The molecule has 0 aromatic heterocycles. The minimum atomic E-state index is -0.951. The monoisotopic (exact) mass is 1220 g/mol. The van der Waals surface area contributed by atoms with Crippen molar-refractivity contribution >= 4 is 30.2 Å². The molecular weight excluding hydrogens is 1140 g/mol. The van der Waals surface area contributed by atoms with Gasteiger partial charge in [-0.1, -0.05) is 140 Å². The molecule has 0 spiro atoms. The smallest absolute Gasteiger partial charge is 0.408 e. The Labute approximate surface area is 522 Å². The lowest BCUT2D eigenvalue weighted by Gasteiger charge is -2.24. The van der Waals surface area contributed by atoms with E-state index in [1.165, 1.54) is 5.56 Å².